The van der Waals surface area contributed by atoms with Crippen molar-refractivity contribution in [2.45, 2.75) is 38.8 Å². The van der Waals surface area contributed by atoms with Gasteiger partial charge in [-0.1, -0.05) is 6.07 Å². The van der Waals surface area contributed by atoms with E-state index in [1.54, 1.807) is 10.6 Å². The van der Waals surface area contributed by atoms with Crippen molar-refractivity contribution in [2.24, 2.45) is 5.92 Å². The van der Waals surface area contributed by atoms with E-state index in [1.165, 1.54) is 0 Å². The van der Waals surface area contributed by atoms with Gasteiger partial charge in [0.05, 0.1) is 11.6 Å². The van der Waals surface area contributed by atoms with Gasteiger partial charge in [0, 0.05) is 18.5 Å². The number of aliphatic hydroxyl groups excluding tert-OH is 1. The average Bonchev–Trinajstić information content (AvgIpc) is 2.82. The summed E-state index contributed by atoms with van der Waals surface area (Å²) in [7, 11) is 0. The minimum absolute atomic E-state index is 0.0528. The first-order valence-corrected chi connectivity index (χ1v) is 7.61. The third kappa shape index (κ3) is 2.63. The molecule has 0 radical (unpaired) electrons. The number of rotatable bonds is 3. The molecule has 0 bridgehead atoms. The van der Waals surface area contributed by atoms with Crippen molar-refractivity contribution in [1.82, 2.24) is 9.88 Å². The van der Waals surface area contributed by atoms with Crippen LogP contribution in [0.3, 0.4) is 0 Å². The quantitative estimate of drug-likeness (QED) is 0.909. The van der Waals surface area contributed by atoms with Gasteiger partial charge in [-0.05, 0) is 50.9 Å². The minimum atomic E-state index is -0.519. The molecule has 0 amide bonds. The van der Waals surface area contributed by atoms with Gasteiger partial charge < -0.3 is 14.8 Å². The molecule has 1 fully saturated rings. The van der Waals surface area contributed by atoms with Crippen molar-refractivity contribution in [3.8, 4) is 0 Å². The smallest absolute Gasteiger partial charge is 0.408 e. The molecule has 2 aromatic rings. The Labute approximate surface area is 123 Å². The Balaban J connectivity index is 1.96. The Morgan fingerprint density at radius 3 is 2.90 bits per heavy atom. The van der Waals surface area contributed by atoms with Crippen LogP contribution in [0.4, 0.5) is 0 Å². The molecule has 3 rings (SSSR count). The molecule has 0 saturated carbocycles. The zero-order chi connectivity index (χ0) is 15.0. The fourth-order valence-corrected chi connectivity index (χ4v) is 3.15. The molecule has 114 valence electrons. The Morgan fingerprint density at radius 2 is 2.24 bits per heavy atom. The highest BCUT2D eigenvalue weighted by Crippen LogP contribution is 2.29. The van der Waals surface area contributed by atoms with E-state index in [4.69, 9.17) is 4.42 Å². The van der Waals surface area contributed by atoms with Gasteiger partial charge in [-0.25, -0.2) is 4.79 Å². The maximum absolute atomic E-state index is 11.9. The van der Waals surface area contributed by atoms with Gasteiger partial charge in [0.1, 0.15) is 0 Å². The van der Waals surface area contributed by atoms with E-state index in [0.29, 0.717) is 5.58 Å². The Bertz CT molecular complexity index is 680. The van der Waals surface area contributed by atoms with Gasteiger partial charge in [-0.2, -0.15) is 0 Å². The van der Waals surface area contributed by atoms with Gasteiger partial charge in [0.15, 0.2) is 5.58 Å². The number of piperidine rings is 1. The predicted octanol–water partition coefficient (Wildman–Crippen LogP) is 2.21. The highest BCUT2D eigenvalue weighted by molar-refractivity contribution is 5.74. The lowest BCUT2D eigenvalue weighted by atomic mass is 9.89. The van der Waals surface area contributed by atoms with Crippen LogP contribution in [0.1, 0.15) is 44.4 Å². The van der Waals surface area contributed by atoms with Crippen LogP contribution in [0, 0.1) is 5.92 Å². The summed E-state index contributed by atoms with van der Waals surface area (Å²) in [6.45, 7) is 5.75. The maximum atomic E-state index is 11.9. The first-order valence-electron chi connectivity index (χ1n) is 7.61. The lowest BCUT2D eigenvalue weighted by Crippen LogP contribution is -2.33. The summed E-state index contributed by atoms with van der Waals surface area (Å²) in [5.41, 5.74) is 2.16. The summed E-state index contributed by atoms with van der Waals surface area (Å²) in [6, 6.07) is 5.62. The molecular formula is C16H22N2O3. The predicted molar refractivity (Wildman–Crippen MR) is 81.4 cm³/mol. The number of nitrogens with one attached hydrogen (secondary N) is 1. The second-order valence-electron chi connectivity index (χ2n) is 6.11. The fourth-order valence-electron chi connectivity index (χ4n) is 3.15. The van der Waals surface area contributed by atoms with Crippen LogP contribution >= 0.6 is 0 Å². The second-order valence-corrected chi connectivity index (χ2v) is 6.11. The van der Waals surface area contributed by atoms with Crippen molar-refractivity contribution in [1.29, 1.82) is 0 Å². The molecule has 5 heteroatoms. The fraction of sp³-hybridized carbons (Fsp3) is 0.562. The van der Waals surface area contributed by atoms with Gasteiger partial charge >= 0.3 is 5.76 Å². The molecule has 21 heavy (non-hydrogen) atoms. The Kier molecular flexibility index (Phi) is 3.87. The van der Waals surface area contributed by atoms with Crippen molar-refractivity contribution < 1.29 is 9.52 Å². The third-order valence-electron chi connectivity index (χ3n) is 4.28. The summed E-state index contributed by atoms with van der Waals surface area (Å²) >= 11 is 0. The first kappa shape index (κ1) is 14.4. The molecule has 1 aromatic carbocycles. The van der Waals surface area contributed by atoms with Crippen LogP contribution in [0.15, 0.2) is 27.4 Å². The van der Waals surface area contributed by atoms with Gasteiger partial charge in [0.2, 0.25) is 0 Å². The molecule has 1 saturated heterocycles. The molecule has 2 N–H and O–H groups in total. The van der Waals surface area contributed by atoms with E-state index in [2.05, 4.69) is 5.32 Å². The second kappa shape index (κ2) is 5.66. The number of hydrogen-bond acceptors (Lipinski definition) is 4. The van der Waals surface area contributed by atoms with Crippen molar-refractivity contribution in [3.63, 3.8) is 0 Å². The van der Waals surface area contributed by atoms with Crippen molar-refractivity contribution in [3.05, 3.63) is 34.3 Å². The summed E-state index contributed by atoms with van der Waals surface area (Å²) in [5, 5.41) is 13.8. The molecule has 0 aliphatic carbocycles. The molecule has 2 unspecified atom stereocenters. The molecule has 2 atom stereocenters. The zero-order valence-corrected chi connectivity index (χ0v) is 12.5. The van der Waals surface area contributed by atoms with Crippen molar-refractivity contribution >= 4 is 11.1 Å². The molecule has 5 nitrogen and oxygen atoms in total. The minimum Gasteiger partial charge on any atom is -0.408 e. The molecule has 1 aromatic heterocycles. The topological polar surface area (TPSA) is 67.4 Å². The van der Waals surface area contributed by atoms with E-state index in [9.17, 15) is 9.90 Å². The number of fused-ring (bicyclic) bond motifs is 1. The van der Waals surface area contributed by atoms with Gasteiger partial charge in [0.25, 0.3) is 0 Å². The van der Waals surface area contributed by atoms with Crippen LogP contribution in [0.25, 0.3) is 11.1 Å². The summed E-state index contributed by atoms with van der Waals surface area (Å²) < 4.78 is 6.95. The lowest BCUT2D eigenvalue weighted by Gasteiger charge is -2.27. The third-order valence-corrected chi connectivity index (χ3v) is 4.28. The van der Waals surface area contributed by atoms with E-state index in [-0.39, 0.29) is 17.7 Å². The highest BCUT2D eigenvalue weighted by Gasteiger charge is 2.24. The summed E-state index contributed by atoms with van der Waals surface area (Å²) in [4.78, 5) is 11.9. The highest BCUT2D eigenvalue weighted by atomic mass is 16.4. The molecular weight excluding hydrogens is 268 g/mol. The van der Waals surface area contributed by atoms with Crippen LogP contribution in [-0.4, -0.2) is 22.8 Å². The number of oxazole rings is 1. The lowest BCUT2D eigenvalue weighted by molar-refractivity contribution is 0.0922. The summed E-state index contributed by atoms with van der Waals surface area (Å²) in [5.74, 6) is -0.124. The molecule has 2 heterocycles. The molecule has 1 aliphatic heterocycles. The molecule has 1 aliphatic rings. The number of aliphatic hydroxyl groups is 1. The van der Waals surface area contributed by atoms with Crippen LogP contribution in [0.5, 0.6) is 0 Å². The standard InChI is InChI=1S/C16H22N2O3/c1-10(2)18-13-6-5-11(8-14(13)21-16(18)20)15(19)12-4-3-7-17-9-12/h5-6,8,10,12,15,17,19H,3-4,7,9H2,1-2H3. The number of hydrogen-bond donors (Lipinski definition) is 2. The zero-order valence-electron chi connectivity index (χ0n) is 12.5. The van der Waals surface area contributed by atoms with Gasteiger partial charge in [-0.3, -0.25) is 4.57 Å². The van der Waals surface area contributed by atoms with Crippen molar-refractivity contribution in [2.75, 3.05) is 13.1 Å². The van der Waals surface area contributed by atoms with Crippen LogP contribution in [0.2, 0.25) is 0 Å². The van der Waals surface area contributed by atoms with Crippen LogP contribution in [-0.2, 0) is 0 Å². The Morgan fingerprint density at radius 1 is 1.43 bits per heavy atom. The molecule has 0 spiro atoms. The number of nitrogens with zero attached hydrogens (tertiary/aromatic N) is 1. The summed E-state index contributed by atoms with van der Waals surface area (Å²) in [6.07, 6.45) is 1.58. The van der Waals surface area contributed by atoms with E-state index < -0.39 is 6.10 Å². The maximum Gasteiger partial charge on any atom is 0.420 e. The number of aromatic nitrogens is 1. The monoisotopic (exact) mass is 290 g/mol. The van der Waals surface area contributed by atoms with E-state index in [0.717, 1.165) is 37.0 Å². The van der Waals surface area contributed by atoms with E-state index >= 15 is 0 Å². The first-order chi connectivity index (χ1) is 10.1. The number of benzene rings is 1. The SMILES string of the molecule is CC(C)n1c(=O)oc2cc(C(O)C3CCCNC3)ccc21. The normalized spacial score (nSPS) is 21.0. The van der Waals surface area contributed by atoms with E-state index in [1.807, 2.05) is 26.0 Å². The van der Waals surface area contributed by atoms with Crippen LogP contribution < -0.4 is 11.1 Å². The average molecular weight is 290 g/mol. The Hall–Kier alpha value is -1.59. The largest absolute Gasteiger partial charge is 0.420 e. The van der Waals surface area contributed by atoms with Gasteiger partial charge in [-0.15, -0.1) is 0 Å².